The molecule has 2 aliphatic heterocycles. The summed E-state index contributed by atoms with van der Waals surface area (Å²) in [5.41, 5.74) is 0. The van der Waals surface area contributed by atoms with Gasteiger partial charge in [-0.3, -0.25) is 9.59 Å². The van der Waals surface area contributed by atoms with Gasteiger partial charge in [0.2, 0.25) is 5.91 Å². The van der Waals surface area contributed by atoms with Crippen LogP contribution in [0, 0.1) is 17.8 Å². The Kier molecular flexibility index (Phi) is 3.85. The van der Waals surface area contributed by atoms with E-state index in [2.05, 4.69) is 0 Å². The van der Waals surface area contributed by atoms with Crippen molar-refractivity contribution in [3.63, 3.8) is 0 Å². The number of sulfone groups is 1. The summed E-state index contributed by atoms with van der Waals surface area (Å²) in [7, 11) is -2.96. The molecule has 0 bridgehead atoms. The second-order valence-electron chi connectivity index (χ2n) is 5.69. The van der Waals surface area contributed by atoms with Crippen molar-refractivity contribution in [1.29, 1.82) is 0 Å². The molecular weight excluding hydrogens is 270 g/mol. The number of aliphatic carboxylic acids is 1. The molecule has 2 aliphatic rings. The Labute approximate surface area is 112 Å². The first-order chi connectivity index (χ1) is 8.78. The summed E-state index contributed by atoms with van der Waals surface area (Å²) >= 11 is 0. The van der Waals surface area contributed by atoms with Crippen LogP contribution in [0.3, 0.4) is 0 Å². The van der Waals surface area contributed by atoms with Crippen molar-refractivity contribution in [1.82, 2.24) is 4.90 Å². The van der Waals surface area contributed by atoms with Crippen molar-refractivity contribution in [2.75, 3.05) is 24.6 Å². The normalized spacial score (nSPS) is 33.5. The van der Waals surface area contributed by atoms with Gasteiger partial charge < -0.3 is 10.0 Å². The molecule has 1 N–H and O–H groups in total. The minimum atomic E-state index is -2.96. The van der Waals surface area contributed by atoms with Gasteiger partial charge in [-0.25, -0.2) is 8.42 Å². The van der Waals surface area contributed by atoms with E-state index >= 15 is 0 Å². The van der Waals surface area contributed by atoms with Gasteiger partial charge in [-0.1, -0.05) is 6.92 Å². The zero-order valence-corrected chi connectivity index (χ0v) is 11.7. The van der Waals surface area contributed by atoms with Crippen molar-refractivity contribution < 1.29 is 23.1 Å². The molecule has 0 spiro atoms. The van der Waals surface area contributed by atoms with Crippen molar-refractivity contribution in [2.24, 2.45) is 17.8 Å². The van der Waals surface area contributed by atoms with Crippen molar-refractivity contribution >= 4 is 21.7 Å². The smallest absolute Gasteiger partial charge is 0.308 e. The third-order valence-corrected chi connectivity index (χ3v) is 5.91. The molecule has 1 amide bonds. The number of likely N-dealkylation sites (tertiary alicyclic amines) is 1. The Balaban J connectivity index is 1.90. The summed E-state index contributed by atoms with van der Waals surface area (Å²) in [6.07, 6.45) is 0.762. The number of rotatable bonds is 3. The summed E-state index contributed by atoms with van der Waals surface area (Å²) in [4.78, 5) is 24.6. The van der Waals surface area contributed by atoms with Crippen LogP contribution in [0.5, 0.6) is 0 Å². The van der Waals surface area contributed by atoms with Gasteiger partial charge >= 0.3 is 5.97 Å². The molecule has 19 heavy (non-hydrogen) atoms. The quantitative estimate of drug-likeness (QED) is 0.789. The standard InChI is InChI=1S/C12H19NO5S/c1-8-5-13(6-10(8)12(15)16)11(14)4-9-2-3-19(17,18)7-9/h8-10H,2-7H2,1H3,(H,15,16). The highest BCUT2D eigenvalue weighted by molar-refractivity contribution is 7.91. The summed E-state index contributed by atoms with van der Waals surface area (Å²) in [5, 5.41) is 9.02. The fraction of sp³-hybridized carbons (Fsp3) is 0.833. The van der Waals surface area contributed by atoms with Crippen molar-refractivity contribution in [2.45, 2.75) is 19.8 Å². The number of carboxylic acids is 1. The van der Waals surface area contributed by atoms with Crippen LogP contribution in [-0.2, 0) is 19.4 Å². The maximum absolute atomic E-state index is 12.1. The van der Waals surface area contributed by atoms with Crippen molar-refractivity contribution in [3.05, 3.63) is 0 Å². The number of carboxylic acid groups (broad SMARTS) is 1. The number of hydrogen-bond donors (Lipinski definition) is 1. The summed E-state index contributed by atoms with van der Waals surface area (Å²) in [5.74, 6) is -1.38. The number of nitrogens with zero attached hydrogens (tertiary/aromatic N) is 1. The number of carbonyl (C=O) groups is 2. The third kappa shape index (κ3) is 3.26. The van der Waals surface area contributed by atoms with Gasteiger partial charge in [-0.2, -0.15) is 0 Å². The molecule has 0 aromatic heterocycles. The van der Waals surface area contributed by atoms with E-state index in [-0.39, 0.29) is 42.2 Å². The minimum Gasteiger partial charge on any atom is -0.481 e. The van der Waals surface area contributed by atoms with E-state index < -0.39 is 21.7 Å². The lowest BCUT2D eigenvalue weighted by Gasteiger charge is -2.17. The third-order valence-electron chi connectivity index (χ3n) is 4.07. The van der Waals surface area contributed by atoms with E-state index in [4.69, 9.17) is 5.11 Å². The predicted molar refractivity (Wildman–Crippen MR) is 68.2 cm³/mol. The Morgan fingerprint density at radius 3 is 2.47 bits per heavy atom. The lowest BCUT2D eigenvalue weighted by atomic mass is 9.99. The first-order valence-corrected chi connectivity index (χ1v) is 8.31. The van der Waals surface area contributed by atoms with E-state index in [0.717, 1.165) is 0 Å². The highest BCUT2D eigenvalue weighted by atomic mass is 32.2. The Morgan fingerprint density at radius 2 is 2.00 bits per heavy atom. The Bertz CT molecular complexity index is 486. The van der Waals surface area contributed by atoms with E-state index in [1.165, 1.54) is 0 Å². The van der Waals surface area contributed by atoms with Gasteiger partial charge in [-0.15, -0.1) is 0 Å². The number of carbonyl (C=O) groups excluding carboxylic acids is 1. The monoisotopic (exact) mass is 289 g/mol. The Morgan fingerprint density at radius 1 is 1.32 bits per heavy atom. The molecule has 0 saturated carbocycles. The van der Waals surface area contributed by atoms with Gasteiger partial charge in [0.25, 0.3) is 0 Å². The predicted octanol–water partition coefficient (Wildman–Crippen LogP) is -0.00970. The molecule has 3 unspecified atom stereocenters. The largest absolute Gasteiger partial charge is 0.481 e. The van der Waals surface area contributed by atoms with E-state index in [9.17, 15) is 18.0 Å². The Hall–Kier alpha value is -1.11. The maximum Gasteiger partial charge on any atom is 0.308 e. The second-order valence-corrected chi connectivity index (χ2v) is 7.92. The molecule has 0 aromatic carbocycles. The topological polar surface area (TPSA) is 91.8 Å². The molecule has 108 valence electrons. The van der Waals surface area contributed by atoms with Gasteiger partial charge in [0.05, 0.1) is 17.4 Å². The first kappa shape index (κ1) is 14.3. The number of amides is 1. The molecular formula is C12H19NO5S. The summed E-state index contributed by atoms with van der Waals surface area (Å²) in [6, 6.07) is 0. The lowest BCUT2D eigenvalue weighted by molar-refractivity contribution is -0.142. The van der Waals surface area contributed by atoms with Gasteiger partial charge in [0.15, 0.2) is 9.84 Å². The minimum absolute atomic E-state index is 0.0474. The fourth-order valence-electron chi connectivity index (χ4n) is 2.90. The van der Waals surface area contributed by atoms with Crippen LogP contribution < -0.4 is 0 Å². The second kappa shape index (κ2) is 5.11. The average Bonchev–Trinajstić information content (AvgIpc) is 2.82. The zero-order valence-electron chi connectivity index (χ0n) is 10.9. The average molecular weight is 289 g/mol. The number of hydrogen-bond acceptors (Lipinski definition) is 4. The summed E-state index contributed by atoms with van der Waals surface area (Å²) < 4.78 is 22.7. The molecule has 6 nitrogen and oxygen atoms in total. The van der Waals surface area contributed by atoms with Gasteiger partial charge in [0.1, 0.15) is 0 Å². The molecule has 2 rings (SSSR count). The van der Waals surface area contributed by atoms with Crippen LogP contribution >= 0.6 is 0 Å². The van der Waals surface area contributed by atoms with Crippen LogP contribution in [0.2, 0.25) is 0 Å². The molecule has 2 heterocycles. The van der Waals surface area contributed by atoms with Crippen molar-refractivity contribution in [3.8, 4) is 0 Å². The van der Waals surface area contributed by atoms with Gasteiger partial charge in [-0.05, 0) is 18.3 Å². The van der Waals surface area contributed by atoms with Gasteiger partial charge in [0, 0.05) is 19.5 Å². The zero-order chi connectivity index (χ0) is 14.2. The molecule has 0 aromatic rings. The lowest BCUT2D eigenvalue weighted by Crippen LogP contribution is -2.31. The highest BCUT2D eigenvalue weighted by Gasteiger charge is 2.38. The first-order valence-electron chi connectivity index (χ1n) is 6.49. The van der Waals surface area contributed by atoms with Crippen LogP contribution in [-0.4, -0.2) is 54.9 Å². The molecule has 0 aliphatic carbocycles. The van der Waals surface area contributed by atoms with Crippen LogP contribution in [0.1, 0.15) is 19.8 Å². The molecule has 2 saturated heterocycles. The molecule has 0 radical (unpaired) electrons. The summed E-state index contributed by atoms with van der Waals surface area (Å²) in [6.45, 7) is 2.52. The fourth-order valence-corrected chi connectivity index (χ4v) is 4.76. The SMILES string of the molecule is CC1CN(C(=O)CC2CCS(=O)(=O)C2)CC1C(=O)O. The maximum atomic E-state index is 12.1. The highest BCUT2D eigenvalue weighted by Crippen LogP contribution is 2.27. The van der Waals surface area contributed by atoms with Crippen LogP contribution in [0.4, 0.5) is 0 Å². The van der Waals surface area contributed by atoms with E-state index in [0.29, 0.717) is 13.0 Å². The molecule has 3 atom stereocenters. The molecule has 2 fully saturated rings. The van der Waals surface area contributed by atoms with Crippen LogP contribution in [0.25, 0.3) is 0 Å². The van der Waals surface area contributed by atoms with E-state index in [1.807, 2.05) is 6.92 Å². The van der Waals surface area contributed by atoms with E-state index in [1.54, 1.807) is 4.90 Å². The van der Waals surface area contributed by atoms with Crippen LogP contribution in [0.15, 0.2) is 0 Å². The molecule has 7 heteroatoms.